The van der Waals surface area contributed by atoms with E-state index in [1.165, 1.54) is 12.3 Å². The van der Waals surface area contributed by atoms with Crippen molar-refractivity contribution in [2.24, 2.45) is 5.73 Å². The summed E-state index contributed by atoms with van der Waals surface area (Å²) in [5.74, 6) is -0.482. The van der Waals surface area contributed by atoms with E-state index < -0.39 is 11.7 Å². The van der Waals surface area contributed by atoms with E-state index in [2.05, 4.69) is 20.6 Å². The molecule has 28 heavy (non-hydrogen) atoms. The van der Waals surface area contributed by atoms with Crippen LogP contribution in [-0.2, 0) is 6.54 Å². The Hall–Kier alpha value is -3.68. The molecular weight excluding hydrogens is 359 g/mol. The number of hydrogen-bond acceptors (Lipinski definition) is 6. The lowest BCUT2D eigenvalue weighted by Gasteiger charge is -2.14. The van der Waals surface area contributed by atoms with E-state index >= 15 is 0 Å². The minimum absolute atomic E-state index is 0.248. The van der Waals surface area contributed by atoms with Gasteiger partial charge in [-0.2, -0.15) is 0 Å². The first kappa shape index (κ1) is 19.1. The number of hydrogen-bond donors (Lipinski definition) is 3. The summed E-state index contributed by atoms with van der Waals surface area (Å²) in [6.45, 7) is 0.284. The molecule has 0 saturated carbocycles. The molecule has 144 valence electrons. The van der Waals surface area contributed by atoms with Crippen LogP contribution in [0, 0.1) is 5.82 Å². The molecule has 0 aliphatic heterocycles. The van der Waals surface area contributed by atoms with Crippen molar-refractivity contribution in [1.29, 1.82) is 0 Å². The lowest BCUT2D eigenvalue weighted by molar-refractivity contribution is 0.100. The van der Waals surface area contributed by atoms with E-state index in [1.54, 1.807) is 12.3 Å². The topological polar surface area (TPSA) is 96.2 Å². The maximum atomic E-state index is 13.3. The summed E-state index contributed by atoms with van der Waals surface area (Å²) < 4.78 is 13.3. The summed E-state index contributed by atoms with van der Waals surface area (Å²) in [5.41, 5.74) is 8.76. The van der Waals surface area contributed by atoms with E-state index in [-0.39, 0.29) is 12.1 Å². The molecule has 0 aliphatic rings. The first-order chi connectivity index (χ1) is 13.4. The van der Waals surface area contributed by atoms with Gasteiger partial charge in [0.25, 0.3) is 5.91 Å². The van der Waals surface area contributed by atoms with Crippen LogP contribution in [0.25, 0.3) is 0 Å². The second kappa shape index (κ2) is 8.34. The van der Waals surface area contributed by atoms with Crippen LogP contribution in [0.15, 0.2) is 55.0 Å². The Labute approximate surface area is 162 Å². The molecule has 0 spiro atoms. The highest BCUT2D eigenvalue weighted by Crippen LogP contribution is 2.23. The van der Waals surface area contributed by atoms with Crippen molar-refractivity contribution < 1.29 is 9.18 Å². The highest BCUT2D eigenvalue weighted by Gasteiger charge is 2.11. The number of rotatable bonds is 7. The monoisotopic (exact) mass is 380 g/mol. The van der Waals surface area contributed by atoms with Gasteiger partial charge in [0.2, 0.25) is 0 Å². The average molecular weight is 380 g/mol. The Kier molecular flexibility index (Phi) is 5.69. The van der Waals surface area contributed by atoms with Gasteiger partial charge in [0, 0.05) is 50.5 Å². The van der Waals surface area contributed by atoms with Crippen LogP contribution in [0.2, 0.25) is 0 Å². The molecule has 0 atom stereocenters. The fourth-order valence-electron chi connectivity index (χ4n) is 2.61. The van der Waals surface area contributed by atoms with Crippen molar-refractivity contribution in [3.05, 3.63) is 71.9 Å². The molecule has 1 amide bonds. The van der Waals surface area contributed by atoms with E-state index in [0.29, 0.717) is 17.1 Å². The maximum absolute atomic E-state index is 13.3. The third-order valence-electron chi connectivity index (χ3n) is 4.07. The van der Waals surface area contributed by atoms with E-state index in [0.717, 1.165) is 17.6 Å². The third kappa shape index (κ3) is 4.73. The highest BCUT2D eigenvalue weighted by molar-refractivity contribution is 5.98. The maximum Gasteiger partial charge on any atom is 0.252 e. The Bertz CT molecular complexity index is 975. The molecule has 0 bridgehead atoms. The minimum Gasteiger partial charge on any atom is -0.380 e. The number of carbonyl (C=O) groups is 1. The van der Waals surface area contributed by atoms with Crippen molar-refractivity contribution in [1.82, 2.24) is 9.97 Å². The van der Waals surface area contributed by atoms with Gasteiger partial charge in [0.1, 0.15) is 11.6 Å². The molecule has 2 aromatic heterocycles. The summed E-state index contributed by atoms with van der Waals surface area (Å²) in [7, 11) is 3.94. The SMILES string of the molecule is CN(C)c1ccc(Nc2cc(NCc3cncc(F)c3)c(C(N)=O)cn2)cc1. The summed E-state index contributed by atoms with van der Waals surface area (Å²) in [5, 5.41) is 6.28. The molecule has 0 saturated heterocycles. The van der Waals surface area contributed by atoms with Crippen LogP contribution in [0.3, 0.4) is 0 Å². The number of benzene rings is 1. The zero-order valence-corrected chi connectivity index (χ0v) is 15.6. The minimum atomic E-state index is -0.603. The smallest absolute Gasteiger partial charge is 0.252 e. The first-order valence-electron chi connectivity index (χ1n) is 8.60. The van der Waals surface area contributed by atoms with Gasteiger partial charge in [-0.1, -0.05) is 0 Å². The number of anilines is 4. The van der Waals surface area contributed by atoms with Crippen LogP contribution >= 0.6 is 0 Å². The Morgan fingerprint density at radius 3 is 2.54 bits per heavy atom. The van der Waals surface area contributed by atoms with Gasteiger partial charge < -0.3 is 21.3 Å². The van der Waals surface area contributed by atoms with Crippen molar-refractivity contribution in [2.45, 2.75) is 6.54 Å². The number of amides is 1. The van der Waals surface area contributed by atoms with Crippen molar-refractivity contribution in [3.63, 3.8) is 0 Å². The van der Waals surface area contributed by atoms with E-state index in [9.17, 15) is 9.18 Å². The van der Waals surface area contributed by atoms with Crippen LogP contribution in [0.5, 0.6) is 0 Å². The van der Waals surface area contributed by atoms with Crippen LogP contribution in [0.4, 0.5) is 27.3 Å². The molecular formula is C20H21FN6O. The van der Waals surface area contributed by atoms with Crippen molar-refractivity contribution in [2.75, 3.05) is 29.6 Å². The van der Waals surface area contributed by atoms with Gasteiger partial charge in [-0.05, 0) is 35.9 Å². The van der Waals surface area contributed by atoms with Crippen molar-refractivity contribution >= 4 is 28.8 Å². The molecule has 3 rings (SSSR count). The quantitative estimate of drug-likeness (QED) is 0.583. The fourth-order valence-corrected chi connectivity index (χ4v) is 2.61. The molecule has 1 aromatic carbocycles. The molecule has 0 fully saturated rings. The average Bonchev–Trinajstić information content (AvgIpc) is 2.67. The normalized spacial score (nSPS) is 10.4. The molecule has 0 radical (unpaired) electrons. The molecule has 8 heteroatoms. The lowest BCUT2D eigenvalue weighted by atomic mass is 10.2. The second-order valence-corrected chi connectivity index (χ2v) is 6.41. The van der Waals surface area contributed by atoms with Gasteiger partial charge in [-0.25, -0.2) is 9.37 Å². The number of nitrogens with zero attached hydrogens (tertiary/aromatic N) is 3. The summed E-state index contributed by atoms with van der Waals surface area (Å²) >= 11 is 0. The molecule has 0 aliphatic carbocycles. The molecule has 2 heterocycles. The van der Waals surface area contributed by atoms with Crippen molar-refractivity contribution in [3.8, 4) is 0 Å². The Morgan fingerprint density at radius 1 is 1.14 bits per heavy atom. The summed E-state index contributed by atoms with van der Waals surface area (Å²) in [6, 6.07) is 10.9. The Morgan fingerprint density at radius 2 is 1.89 bits per heavy atom. The van der Waals surface area contributed by atoms with Gasteiger partial charge in [-0.3, -0.25) is 9.78 Å². The molecule has 3 aromatic rings. The molecule has 0 unspecified atom stereocenters. The van der Waals surface area contributed by atoms with Gasteiger partial charge in [-0.15, -0.1) is 0 Å². The zero-order chi connectivity index (χ0) is 20.1. The Balaban J connectivity index is 1.79. The third-order valence-corrected chi connectivity index (χ3v) is 4.07. The zero-order valence-electron chi connectivity index (χ0n) is 15.6. The number of halogens is 1. The lowest BCUT2D eigenvalue weighted by Crippen LogP contribution is -2.15. The molecule has 7 nitrogen and oxygen atoms in total. The number of nitrogens with one attached hydrogen (secondary N) is 2. The number of carbonyl (C=O) groups excluding carboxylic acids is 1. The van der Waals surface area contributed by atoms with Crippen LogP contribution < -0.4 is 21.3 Å². The number of pyridine rings is 2. The fraction of sp³-hybridized carbons (Fsp3) is 0.150. The van der Waals surface area contributed by atoms with Crippen LogP contribution in [-0.4, -0.2) is 30.0 Å². The largest absolute Gasteiger partial charge is 0.380 e. The summed E-state index contributed by atoms with van der Waals surface area (Å²) in [6.07, 6.45) is 4.09. The standard InChI is InChI=1S/C20H21FN6O/c1-27(2)16-5-3-15(4-6-16)26-19-8-18(17(12-25-19)20(22)28)24-10-13-7-14(21)11-23-9-13/h3-9,11-12H,10H2,1-2H3,(H2,22,28)(H2,24,25,26). The van der Waals surface area contributed by atoms with Gasteiger partial charge in [0.15, 0.2) is 0 Å². The van der Waals surface area contributed by atoms with Crippen LogP contribution in [0.1, 0.15) is 15.9 Å². The van der Waals surface area contributed by atoms with Gasteiger partial charge >= 0.3 is 0 Å². The number of aromatic nitrogens is 2. The molecule has 4 N–H and O–H groups in total. The van der Waals surface area contributed by atoms with Gasteiger partial charge in [0.05, 0.1) is 17.4 Å². The highest BCUT2D eigenvalue weighted by atomic mass is 19.1. The number of nitrogens with two attached hydrogens (primary N) is 1. The summed E-state index contributed by atoms with van der Waals surface area (Å²) in [4.78, 5) is 21.8. The van der Waals surface area contributed by atoms with E-state index in [1.807, 2.05) is 43.3 Å². The first-order valence-corrected chi connectivity index (χ1v) is 8.60. The predicted octanol–water partition coefficient (Wildman–Crippen LogP) is 3.14. The second-order valence-electron chi connectivity index (χ2n) is 6.41. The number of primary amides is 1. The predicted molar refractivity (Wildman–Crippen MR) is 108 cm³/mol. The van der Waals surface area contributed by atoms with E-state index in [4.69, 9.17) is 5.73 Å².